The number of sulfonamides is 1. The van der Waals surface area contributed by atoms with Gasteiger partial charge >= 0.3 is 0 Å². The highest BCUT2D eigenvalue weighted by molar-refractivity contribution is 7.89. The van der Waals surface area contributed by atoms with Gasteiger partial charge < -0.3 is 10.1 Å². The predicted octanol–water partition coefficient (Wildman–Crippen LogP) is 3.87. The van der Waals surface area contributed by atoms with Crippen LogP contribution >= 0.6 is 0 Å². The first-order valence-electron chi connectivity index (χ1n) is 10.4. The van der Waals surface area contributed by atoms with Crippen LogP contribution in [-0.4, -0.2) is 20.9 Å². The minimum absolute atomic E-state index is 0.0276. The molecule has 32 heavy (non-hydrogen) atoms. The number of ether oxygens (including phenoxy) is 1. The van der Waals surface area contributed by atoms with Gasteiger partial charge in [0.1, 0.15) is 12.4 Å². The number of hydrogen-bond donors (Lipinski definition) is 2. The molecule has 168 valence electrons. The summed E-state index contributed by atoms with van der Waals surface area (Å²) in [7, 11) is -3.65. The summed E-state index contributed by atoms with van der Waals surface area (Å²) in [6.07, 6.45) is 0.0484. The molecule has 0 aromatic heterocycles. The summed E-state index contributed by atoms with van der Waals surface area (Å²) < 4.78 is 33.2. The summed E-state index contributed by atoms with van der Waals surface area (Å²) in [5.74, 6) is 0.550. The van der Waals surface area contributed by atoms with E-state index in [2.05, 4.69) is 10.0 Å². The maximum atomic E-state index is 12.4. The Morgan fingerprint density at radius 3 is 2.28 bits per heavy atom. The van der Waals surface area contributed by atoms with E-state index in [1.165, 1.54) is 0 Å². The first kappa shape index (κ1) is 23.5. The molecule has 0 saturated carbocycles. The van der Waals surface area contributed by atoms with E-state index in [0.29, 0.717) is 13.2 Å². The molecule has 7 heteroatoms. The molecule has 3 rings (SSSR count). The lowest BCUT2D eigenvalue weighted by Gasteiger charge is -2.12. The number of hydrogen-bond acceptors (Lipinski definition) is 4. The number of carbonyl (C=O) groups is 1. The quantitative estimate of drug-likeness (QED) is 0.489. The molecule has 0 saturated heterocycles. The first-order chi connectivity index (χ1) is 15.3. The molecule has 2 N–H and O–H groups in total. The van der Waals surface area contributed by atoms with E-state index >= 15 is 0 Å². The normalized spacial score (nSPS) is 11.2. The molecule has 3 aromatic carbocycles. The lowest BCUT2D eigenvalue weighted by molar-refractivity contribution is -0.121. The van der Waals surface area contributed by atoms with E-state index in [-0.39, 0.29) is 23.8 Å². The summed E-state index contributed by atoms with van der Waals surface area (Å²) in [6, 6.07) is 22.2. The van der Waals surface area contributed by atoms with Crippen LogP contribution in [0.15, 0.2) is 77.7 Å². The number of carbonyl (C=O) groups excluding carboxylic acids is 1. The molecule has 0 atom stereocenters. The van der Waals surface area contributed by atoms with Crippen molar-refractivity contribution in [3.8, 4) is 5.75 Å². The highest BCUT2D eigenvalue weighted by atomic mass is 32.2. The van der Waals surface area contributed by atoms with Crippen LogP contribution < -0.4 is 14.8 Å². The van der Waals surface area contributed by atoms with Crippen molar-refractivity contribution in [3.05, 3.63) is 95.1 Å². The van der Waals surface area contributed by atoms with Crippen molar-refractivity contribution in [1.82, 2.24) is 10.0 Å². The van der Waals surface area contributed by atoms with Gasteiger partial charge in [0.05, 0.1) is 4.90 Å². The molecular formula is C25H28N2O4S. The third-order valence-corrected chi connectivity index (χ3v) is 6.62. The van der Waals surface area contributed by atoms with Crippen LogP contribution in [0.25, 0.3) is 0 Å². The Bertz CT molecular complexity index is 1160. The Hall–Kier alpha value is -3.16. The van der Waals surface area contributed by atoms with Crippen LogP contribution in [0.2, 0.25) is 0 Å². The molecule has 0 bridgehead atoms. The fourth-order valence-corrected chi connectivity index (χ4v) is 4.21. The minimum Gasteiger partial charge on any atom is -0.489 e. The SMILES string of the molecule is Cc1ccc(S(=O)(=O)NCCC(=O)NCc2ccccc2COc2ccccc2)cc1C. The number of rotatable bonds is 10. The summed E-state index contributed by atoms with van der Waals surface area (Å²) >= 11 is 0. The van der Waals surface area contributed by atoms with Crippen LogP contribution in [-0.2, 0) is 28.0 Å². The van der Waals surface area contributed by atoms with Gasteiger partial charge in [-0.25, -0.2) is 13.1 Å². The van der Waals surface area contributed by atoms with Gasteiger partial charge in [0.2, 0.25) is 15.9 Å². The van der Waals surface area contributed by atoms with Crippen molar-refractivity contribution >= 4 is 15.9 Å². The third kappa shape index (κ3) is 6.67. The molecular weight excluding hydrogens is 424 g/mol. The molecule has 0 heterocycles. The Kier molecular flexibility index (Phi) is 8.03. The van der Waals surface area contributed by atoms with Gasteiger partial charge in [0.25, 0.3) is 0 Å². The van der Waals surface area contributed by atoms with Gasteiger partial charge in [0, 0.05) is 19.5 Å². The second-order valence-electron chi connectivity index (χ2n) is 7.54. The lowest BCUT2D eigenvalue weighted by Crippen LogP contribution is -2.30. The summed E-state index contributed by atoms with van der Waals surface area (Å²) in [5.41, 5.74) is 3.86. The maximum Gasteiger partial charge on any atom is 0.240 e. The van der Waals surface area contributed by atoms with E-state index in [0.717, 1.165) is 28.0 Å². The van der Waals surface area contributed by atoms with Gasteiger partial charge in [-0.1, -0.05) is 48.5 Å². The third-order valence-electron chi connectivity index (χ3n) is 5.16. The Morgan fingerprint density at radius 2 is 1.56 bits per heavy atom. The summed E-state index contributed by atoms with van der Waals surface area (Å²) in [4.78, 5) is 12.5. The zero-order chi connectivity index (χ0) is 23.0. The molecule has 1 amide bonds. The van der Waals surface area contributed by atoms with Crippen LogP contribution in [0.4, 0.5) is 0 Å². The van der Waals surface area contributed by atoms with Crippen molar-refractivity contribution in [3.63, 3.8) is 0 Å². The molecule has 0 unspecified atom stereocenters. The lowest BCUT2D eigenvalue weighted by atomic mass is 10.1. The molecule has 0 spiro atoms. The van der Waals surface area contributed by atoms with Crippen molar-refractivity contribution < 1.29 is 17.9 Å². The standard InChI is InChI=1S/C25H28N2O4S/c1-19-12-13-24(16-20(19)2)32(29,30)27-15-14-25(28)26-17-21-8-6-7-9-22(21)18-31-23-10-4-3-5-11-23/h3-13,16,27H,14-15,17-18H2,1-2H3,(H,26,28). The smallest absolute Gasteiger partial charge is 0.240 e. The van der Waals surface area contributed by atoms with E-state index in [1.54, 1.807) is 18.2 Å². The van der Waals surface area contributed by atoms with Crippen LogP contribution in [0.1, 0.15) is 28.7 Å². The first-order valence-corrected chi connectivity index (χ1v) is 11.9. The number of nitrogens with one attached hydrogen (secondary N) is 2. The van der Waals surface area contributed by atoms with Crippen molar-refractivity contribution in [2.45, 2.75) is 38.3 Å². The topological polar surface area (TPSA) is 84.5 Å². The Morgan fingerprint density at radius 1 is 0.875 bits per heavy atom. The maximum absolute atomic E-state index is 12.4. The molecule has 0 aliphatic carbocycles. The van der Waals surface area contributed by atoms with Gasteiger partial charge in [0.15, 0.2) is 0 Å². The van der Waals surface area contributed by atoms with E-state index in [9.17, 15) is 13.2 Å². The van der Waals surface area contributed by atoms with Crippen LogP contribution in [0.3, 0.4) is 0 Å². The van der Waals surface area contributed by atoms with Gasteiger partial charge in [-0.15, -0.1) is 0 Å². The van der Waals surface area contributed by atoms with Crippen molar-refractivity contribution in [2.24, 2.45) is 0 Å². The van der Waals surface area contributed by atoms with Gasteiger partial charge in [-0.3, -0.25) is 4.79 Å². The van der Waals surface area contributed by atoms with Gasteiger partial charge in [-0.2, -0.15) is 0 Å². The van der Waals surface area contributed by atoms with Crippen molar-refractivity contribution in [2.75, 3.05) is 6.54 Å². The number of benzene rings is 3. The second kappa shape index (κ2) is 10.9. The minimum atomic E-state index is -3.65. The van der Waals surface area contributed by atoms with Crippen LogP contribution in [0.5, 0.6) is 5.75 Å². The summed E-state index contributed by atoms with van der Waals surface area (Å²) in [5, 5.41) is 2.85. The zero-order valence-corrected chi connectivity index (χ0v) is 19.1. The molecule has 3 aromatic rings. The highest BCUT2D eigenvalue weighted by Gasteiger charge is 2.15. The van der Waals surface area contributed by atoms with Crippen LogP contribution in [0, 0.1) is 13.8 Å². The molecule has 0 aliphatic rings. The van der Waals surface area contributed by atoms with E-state index < -0.39 is 10.0 Å². The fourth-order valence-electron chi connectivity index (χ4n) is 3.09. The number of amides is 1. The average molecular weight is 453 g/mol. The van der Waals surface area contributed by atoms with E-state index in [4.69, 9.17) is 4.74 Å². The molecule has 0 radical (unpaired) electrons. The second-order valence-corrected chi connectivity index (χ2v) is 9.31. The Labute approximate surface area is 189 Å². The Balaban J connectivity index is 1.48. The molecule has 6 nitrogen and oxygen atoms in total. The largest absolute Gasteiger partial charge is 0.489 e. The van der Waals surface area contributed by atoms with Gasteiger partial charge in [-0.05, 0) is 60.4 Å². The fraction of sp³-hybridized carbons (Fsp3) is 0.240. The zero-order valence-electron chi connectivity index (χ0n) is 18.3. The number of para-hydroxylation sites is 1. The average Bonchev–Trinajstić information content (AvgIpc) is 2.79. The monoisotopic (exact) mass is 452 g/mol. The van der Waals surface area contributed by atoms with E-state index in [1.807, 2.05) is 68.4 Å². The molecule has 0 fully saturated rings. The van der Waals surface area contributed by atoms with Crippen molar-refractivity contribution in [1.29, 1.82) is 0 Å². The summed E-state index contributed by atoms with van der Waals surface area (Å²) in [6.45, 7) is 4.56. The predicted molar refractivity (Wildman–Crippen MR) is 125 cm³/mol. The molecule has 0 aliphatic heterocycles. The number of aryl methyl sites for hydroxylation is 2. The highest BCUT2D eigenvalue weighted by Crippen LogP contribution is 2.16.